The molecule has 0 spiro atoms. The molecule has 1 aromatic heterocycles. The standard InChI is InChI=1S/C9H12S.C2H2/c1-7-3-2-4-9-8(7)5-6-10-9;1-2/h5-7H,2-4H2,1H3;1-2H/t7-;/m1./s1. The lowest BCUT2D eigenvalue weighted by molar-refractivity contribution is 0.598. The smallest absolute Gasteiger partial charge is 0.00799 e. The highest BCUT2D eigenvalue weighted by atomic mass is 32.1. The highest BCUT2D eigenvalue weighted by Crippen LogP contribution is 2.33. The van der Waals surface area contributed by atoms with Gasteiger partial charge in [-0.1, -0.05) is 6.92 Å². The lowest BCUT2D eigenvalue weighted by atomic mass is 9.90. The van der Waals surface area contributed by atoms with E-state index in [4.69, 9.17) is 0 Å². The number of hydrogen-bond donors (Lipinski definition) is 0. The van der Waals surface area contributed by atoms with E-state index in [2.05, 4.69) is 31.2 Å². The average molecular weight is 178 g/mol. The molecule has 0 saturated heterocycles. The molecule has 0 N–H and O–H groups in total. The summed E-state index contributed by atoms with van der Waals surface area (Å²) in [6.45, 7) is 2.34. The second kappa shape index (κ2) is 4.33. The quantitative estimate of drug-likeness (QED) is 0.534. The first-order valence-electron chi connectivity index (χ1n) is 4.27. The normalized spacial score (nSPS) is 20.4. The fourth-order valence-corrected chi connectivity index (χ4v) is 2.76. The van der Waals surface area contributed by atoms with Gasteiger partial charge in [-0.05, 0) is 42.2 Å². The SMILES string of the molecule is C#C.C[C@@H]1CCCc2sccc21. The fourth-order valence-electron chi connectivity index (χ4n) is 1.72. The van der Waals surface area contributed by atoms with Crippen LogP contribution >= 0.6 is 11.3 Å². The summed E-state index contributed by atoms with van der Waals surface area (Å²) in [5.41, 5.74) is 1.62. The van der Waals surface area contributed by atoms with Gasteiger partial charge in [0.2, 0.25) is 0 Å². The minimum atomic E-state index is 0.829. The molecule has 12 heavy (non-hydrogen) atoms. The van der Waals surface area contributed by atoms with Crippen molar-refractivity contribution in [2.75, 3.05) is 0 Å². The molecule has 1 atom stereocenters. The first-order valence-corrected chi connectivity index (χ1v) is 5.15. The molecule has 1 heterocycles. The second-order valence-corrected chi connectivity index (χ2v) is 4.09. The van der Waals surface area contributed by atoms with Crippen LogP contribution in [0.5, 0.6) is 0 Å². The van der Waals surface area contributed by atoms with E-state index in [9.17, 15) is 0 Å². The molecule has 0 unspecified atom stereocenters. The number of rotatable bonds is 0. The van der Waals surface area contributed by atoms with E-state index in [1.165, 1.54) is 19.3 Å². The van der Waals surface area contributed by atoms with E-state index in [1.54, 1.807) is 10.4 Å². The average Bonchev–Trinajstić information content (AvgIpc) is 2.57. The molecule has 0 bridgehead atoms. The molecule has 1 aliphatic carbocycles. The van der Waals surface area contributed by atoms with Crippen LogP contribution in [0.15, 0.2) is 11.4 Å². The van der Waals surface area contributed by atoms with Gasteiger partial charge in [0, 0.05) is 4.88 Å². The Morgan fingerprint density at radius 2 is 2.25 bits per heavy atom. The fraction of sp³-hybridized carbons (Fsp3) is 0.455. The molecular formula is C11H14S. The number of thiophene rings is 1. The van der Waals surface area contributed by atoms with E-state index in [-0.39, 0.29) is 0 Å². The van der Waals surface area contributed by atoms with Gasteiger partial charge < -0.3 is 0 Å². The minimum absolute atomic E-state index is 0.829. The van der Waals surface area contributed by atoms with E-state index in [0.29, 0.717) is 0 Å². The number of aryl methyl sites for hydroxylation is 1. The number of hydrogen-bond acceptors (Lipinski definition) is 1. The zero-order valence-electron chi connectivity index (χ0n) is 7.42. The van der Waals surface area contributed by atoms with Crippen molar-refractivity contribution in [2.24, 2.45) is 0 Å². The summed E-state index contributed by atoms with van der Waals surface area (Å²) in [5.74, 6) is 0.829. The van der Waals surface area contributed by atoms with Crippen LogP contribution in [0.2, 0.25) is 0 Å². The molecule has 0 radical (unpaired) electrons. The molecule has 64 valence electrons. The van der Waals surface area contributed by atoms with Crippen molar-refractivity contribution in [3.05, 3.63) is 21.9 Å². The van der Waals surface area contributed by atoms with Crippen LogP contribution < -0.4 is 0 Å². The van der Waals surface area contributed by atoms with Gasteiger partial charge in [-0.2, -0.15) is 0 Å². The van der Waals surface area contributed by atoms with Gasteiger partial charge in [-0.3, -0.25) is 0 Å². The first kappa shape index (κ1) is 9.35. The molecular weight excluding hydrogens is 164 g/mol. The third-order valence-electron chi connectivity index (χ3n) is 2.35. The van der Waals surface area contributed by atoms with Crippen molar-refractivity contribution in [3.8, 4) is 12.8 Å². The Bertz CT molecular complexity index is 257. The predicted molar refractivity (Wildman–Crippen MR) is 55.6 cm³/mol. The van der Waals surface area contributed by atoms with Gasteiger partial charge in [0.05, 0.1) is 0 Å². The molecule has 1 aromatic rings. The van der Waals surface area contributed by atoms with Crippen LogP contribution in [0.25, 0.3) is 0 Å². The highest BCUT2D eigenvalue weighted by molar-refractivity contribution is 7.10. The molecule has 0 amide bonds. The Morgan fingerprint density at radius 1 is 1.50 bits per heavy atom. The Morgan fingerprint density at radius 3 is 2.92 bits per heavy atom. The lowest BCUT2D eigenvalue weighted by Gasteiger charge is -2.17. The van der Waals surface area contributed by atoms with Crippen molar-refractivity contribution in [1.29, 1.82) is 0 Å². The van der Waals surface area contributed by atoms with Crippen LogP contribution in [-0.2, 0) is 6.42 Å². The van der Waals surface area contributed by atoms with Gasteiger partial charge in [0.1, 0.15) is 0 Å². The maximum Gasteiger partial charge on any atom is 0.00799 e. The van der Waals surface area contributed by atoms with Gasteiger partial charge in [0.15, 0.2) is 0 Å². The topological polar surface area (TPSA) is 0 Å². The Labute approximate surface area is 78.6 Å². The maximum atomic E-state index is 4.00. The molecule has 0 fully saturated rings. The first-order chi connectivity index (χ1) is 5.88. The van der Waals surface area contributed by atoms with E-state index in [0.717, 1.165) is 5.92 Å². The van der Waals surface area contributed by atoms with E-state index < -0.39 is 0 Å². The zero-order chi connectivity index (χ0) is 8.97. The summed E-state index contributed by atoms with van der Waals surface area (Å²) >= 11 is 1.93. The third kappa shape index (κ3) is 1.70. The van der Waals surface area contributed by atoms with Crippen molar-refractivity contribution in [1.82, 2.24) is 0 Å². The van der Waals surface area contributed by atoms with Gasteiger partial charge >= 0.3 is 0 Å². The monoisotopic (exact) mass is 178 g/mol. The van der Waals surface area contributed by atoms with E-state index >= 15 is 0 Å². The van der Waals surface area contributed by atoms with Gasteiger partial charge in [-0.25, -0.2) is 0 Å². The van der Waals surface area contributed by atoms with Gasteiger partial charge in [0.25, 0.3) is 0 Å². The van der Waals surface area contributed by atoms with Crippen molar-refractivity contribution in [3.63, 3.8) is 0 Å². The molecule has 0 aliphatic heterocycles. The van der Waals surface area contributed by atoms with Crippen LogP contribution in [0, 0.1) is 12.8 Å². The summed E-state index contributed by atoms with van der Waals surface area (Å²) < 4.78 is 0. The van der Waals surface area contributed by atoms with Crippen LogP contribution in [0.3, 0.4) is 0 Å². The van der Waals surface area contributed by atoms with Crippen molar-refractivity contribution < 1.29 is 0 Å². The summed E-state index contributed by atoms with van der Waals surface area (Å²) in [6, 6.07) is 2.30. The number of fused-ring (bicyclic) bond motifs is 1. The Balaban J connectivity index is 0.000000336. The molecule has 0 saturated carbocycles. The largest absolute Gasteiger partial charge is 0.149 e. The molecule has 1 aliphatic rings. The zero-order valence-corrected chi connectivity index (χ0v) is 8.23. The Kier molecular flexibility index (Phi) is 3.37. The van der Waals surface area contributed by atoms with Crippen LogP contribution in [0.1, 0.15) is 36.1 Å². The molecule has 0 aromatic carbocycles. The molecule has 1 heteroatoms. The van der Waals surface area contributed by atoms with E-state index in [1.807, 2.05) is 11.3 Å². The molecule has 2 rings (SSSR count). The third-order valence-corrected chi connectivity index (χ3v) is 3.35. The number of terminal acetylenes is 1. The lowest BCUT2D eigenvalue weighted by Crippen LogP contribution is -2.02. The maximum absolute atomic E-state index is 4.00. The molecule has 0 nitrogen and oxygen atoms in total. The predicted octanol–water partition coefficient (Wildman–Crippen LogP) is 3.44. The van der Waals surface area contributed by atoms with Crippen molar-refractivity contribution in [2.45, 2.75) is 32.1 Å². The van der Waals surface area contributed by atoms with Gasteiger partial charge in [-0.15, -0.1) is 24.2 Å². The highest BCUT2D eigenvalue weighted by Gasteiger charge is 2.16. The summed E-state index contributed by atoms with van der Waals surface area (Å²) in [6.07, 6.45) is 12.1. The minimum Gasteiger partial charge on any atom is -0.149 e. The van der Waals surface area contributed by atoms with Crippen LogP contribution in [0.4, 0.5) is 0 Å². The second-order valence-electron chi connectivity index (χ2n) is 3.09. The van der Waals surface area contributed by atoms with Crippen LogP contribution in [-0.4, -0.2) is 0 Å². The van der Waals surface area contributed by atoms with Crippen molar-refractivity contribution >= 4 is 11.3 Å². The summed E-state index contributed by atoms with van der Waals surface area (Å²) in [7, 11) is 0. The summed E-state index contributed by atoms with van der Waals surface area (Å²) in [4.78, 5) is 1.64. The summed E-state index contributed by atoms with van der Waals surface area (Å²) in [5, 5.41) is 2.23. The Hall–Kier alpha value is -0.740.